The second-order valence-electron chi connectivity index (χ2n) is 3.64. The summed E-state index contributed by atoms with van der Waals surface area (Å²) in [6.07, 6.45) is 2.21. The molecule has 0 spiro atoms. The molecule has 1 aliphatic rings. The van der Waals surface area contributed by atoms with E-state index in [2.05, 4.69) is 23.2 Å². The van der Waals surface area contributed by atoms with Gasteiger partial charge in [-0.2, -0.15) is 0 Å². The average Bonchev–Trinajstić information content (AvgIpc) is 2.52. The third-order valence-electron chi connectivity index (χ3n) is 2.52. The fourth-order valence-electron chi connectivity index (χ4n) is 1.42. The zero-order valence-electron chi connectivity index (χ0n) is 8.66. The van der Waals surface area contributed by atoms with Gasteiger partial charge in [0.05, 0.1) is 6.54 Å². The van der Waals surface area contributed by atoms with Crippen LogP contribution < -0.4 is 0 Å². The molecule has 0 unspecified atom stereocenters. The fourth-order valence-corrected chi connectivity index (χ4v) is 3.61. The minimum Gasteiger partial charge on any atom is -0.305 e. The van der Waals surface area contributed by atoms with Crippen LogP contribution in [0.1, 0.15) is 19.8 Å². The lowest BCUT2D eigenvalue weighted by Gasteiger charge is -2.11. The summed E-state index contributed by atoms with van der Waals surface area (Å²) in [7, 11) is 0.307. The van der Waals surface area contributed by atoms with Gasteiger partial charge in [-0.15, -0.1) is 0 Å². The quantitative estimate of drug-likeness (QED) is 0.689. The minimum absolute atomic E-state index is 0.739. The maximum Gasteiger partial charge on any atom is 0.0611 e. The molecular formula is C9H20N2OS. The topological polar surface area (TPSA) is 32.7 Å². The van der Waals surface area contributed by atoms with E-state index < -0.39 is 9.73 Å². The van der Waals surface area contributed by atoms with Crippen molar-refractivity contribution in [1.82, 2.24) is 4.90 Å². The highest BCUT2D eigenvalue weighted by molar-refractivity contribution is 7.93. The molecular weight excluding hydrogens is 184 g/mol. The molecule has 0 N–H and O–H groups in total. The predicted octanol–water partition coefficient (Wildman–Crippen LogP) is 1.20. The molecule has 0 atom stereocenters. The Kier molecular flexibility index (Phi) is 4.19. The number of nitrogens with zero attached hydrogens (tertiary/aromatic N) is 2. The van der Waals surface area contributed by atoms with Crippen molar-refractivity contribution in [1.29, 1.82) is 0 Å². The molecule has 0 aromatic heterocycles. The molecule has 1 aliphatic heterocycles. The molecule has 1 heterocycles. The normalized spacial score (nSPS) is 20.8. The van der Waals surface area contributed by atoms with Gasteiger partial charge in [0.25, 0.3) is 0 Å². The Hall–Kier alpha value is -0.0900. The molecule has 1 saturated heterocycles. The van der Waals surface area contributed by atoms with E-state index in [0.29, 0.717) is 0 Å². The Bertz CT molecular complexity index is 244. The second-order valence-corrected chi connectivity index (χ2v) is 6.26. The Morgan fingerprint density at radius 3 is 2.54 bits per heavy atom. The van der Waals surface area contributed by atoms with Gasteiger partial charge in [0.2, 0.25) is 0 Å². The zero-order chi connectivity index (χ0) is 9.73. The van der Waals surface area contributed by atoms with Gasteiger partial charge >= 0.3 is 0 Å². The first kappa shape index (κ1) is 11.0. The van der Waals surface area contributed by atoms with Crippen LogP contribution in [0.5, 0.6) is 0 Å². The van der Waals surface area contributed by atoms with Crippen LogP contribution in [0.4, 0.5) is 0 Å². The third-order valence-corrected chi connectivity index (χ3v) is 5.03. The summed E-state index contributed by atoms with van der Waals surface area (Å²) in [6.45, 7) is 4.84. The minimum atomic E-state index is -1.76. The number of likely N-dealkylation sites (N-methyl/N-ethyl adjacent to an activating group) is 1. The molecule has 0 amide bonds. The van der Waals surface area contributed by atoms with Gasteiger partial charge in [-0.1, -0.05) is 6.92 Å². The van der Waals surface area contributed by atoms with Crippen molar-refractivity contribution in [2.75, 3.05) is 38.2 Å². The van der Waals surface area contributed by atoms with Crippen LogP contribution in [0.3, 0.4) is 0 Å². The SMILES string of the molecule is CCN(C)CCN=S1(=O)CCCC1. The van der Waals surface area contributed by atoms with E-state index in [1.807, 2.05) is 0 Å². The van der Waals surface area contributed by atoms with Gasteiger partial charge in [-0.25, -0.2) is 8.57 Å². The Labute approximate surface area is 81.7 Å². The summed E-state index contributed by atoms with van der Waals surface area (Å²) in [5, 5.41) is 0. The molecule has 1 fully saturated rings. The zero-order valence-corrected chi connectivity index (χ0v) is 9.48. The summed E-state index contributed by atoms with van der Waals surface area (Å²) in [6, 6.07) is 0. The summed E-state index contributed by atoms with van der Waals surface area (Å²) < 4.78 is 16.2. The Morgan fingerprint density at radius 2 is 2.00 bits per heavy atom. The molecule has 0 aliphatic carbocycles. The summed E-state index contributed by atoms with van der Waals surface area (Å²) in [4.78, 5) is 2.20. The van der Waals surface area contributed by atoms with Crippen molar-refractivity contribution in [2.45, 2.75) is 19.8 Å². The van der Waals surface area contributed by atoms with Crippen molar-refractivity contribution >= 4 is 9.73 Å². The van der Waals surface area contributed by atoms with Crippen LogP contribution >= 0.6 is 0 Å². The predicted molar refractivity (Wildman–Crippen MR) is 57.6 cm³/mol. The molecule has 13 heavy (non-hydrogen) atoms. The van der Waals surface area contributed by atoms with E-state index in [1.54, 1.807) is 0 Å². The van der Waals surface area contributed by atoms with Crippen molar-refractivity contribution in [3.8, 4) is 0 Å². The maximum absolute atomic E-state index is 11.9. The van der Waals surface area contributed by atoms with E-state index in [4.69, 9.17) is 0 Å². The molecule has 0 aromatic carbocycles. The van der Waals surface area contributed by atoms with Crippen LogP contribution in [0.15, 0.2) is 4.36 Å². The first-order valence-electron chi connectivity index (χ1n) is 5.03. The largest absolute Gasteiger partial charge is 0.305 e. The Balaban J connectivity index is 2.35. The molecule has 78 valence electrons. The van der Waals surface area contributed by atoms with Crippen molar-refractivity contribution in [2.24, 2.45) is 4.36 Å². The maximum atomic E-state index is 11.9. The molecule has 0 bridgehead atoms. The van der Waals surface area contributed by atoms with Crippen LogP contribution in [-0.2, 0) is 9.73 Å². The van der Waals surface area contributed by atoms with Gasteiger partial charge in [-0.05, 0) is 26.4 Å². The van der Waals surface area contributed by atoms with Gasteiger partial charge in [0, 0.05) is 27.8 Å². The number of rotatable bonds is 4. The molecule has 0 saturated carbocycles. The van der Waals surface area contributed by atoms with Crippen LogP contribution in [0, 0.1) is 0 Å². The second kappa shape index (κ2) is 4.96. The highest BCUT2D eigenvalue weighted by Crippen LogP contribution is 2.12. The lowest BCUT2D eigenvalue weighted by Crippen LogP contribution is -2.21. The summed E-state index contributed by atoms with van der Waals surface area (Å²) >= 11 is 0. The van der Waals surface area contributed by atoms with Gasteiger partial charge in [0.15, 0.2) is 0 Å². The van der Waals surface area contributed by atoms with E-state index in [0.717, 1.165) is 44.0 Å². The molecule has 0 aromatic rings. The number of hydrogen-bond donors (Lipinski definition) is 0. The molecule has 0 radical (unpaired) electrons. The van der Waals surface area contributed by atoms with E-state index >= 15 is 0 Å². The van der Waals surface area contributed by atoms with E-state index in [-0.39, 0.29) is 0 Å². The average molecular weight is 204 g/mol. The summed E-state index contributed by atoms with van der Waals surface area (Å²) in [5.41, 5.74) is 0. The van der Waals surface area contributed by atoms with Crippen molar-refractivity contribution in [3.05, 3.63) is 0 Å². The van der Waals surface area contributed by atoms with Crippen molar-refractivity contribution < 1.29 is 4.21 Å². The lowest BCUT2D eigenvalue weighted by molar-refractivity contribution is 0.364. The highest BCUT2D eigenvalue weighted by Gasteiger charge is 2.15. The van der Waals surface area contributed by atoms with Gasteiger partial charge in [0.1, 0.15) is 0 Å². The first-order valence-corrected chi connectivity index (χ1v) is 6.88. The van der Waals surface area contributed by atoms with Crippen LogP contribution in [-0.4, -0.2) is 47.3 Å². The Morgan fingerprint density at radius 1 is 1.38 bits per heavy atom. The first-order chi connectivity index (χ1) is 6.16. The molecule has 3 nitrogen and oxygen atoms in total. The van der Waals surface area contributed by atoms with E-state index in [9.17, 15) is 4.21 Å². The number of hydrogen-bond acceptors (Lipinski definition) is 3. The van der Waals surface area contributed by atoms with Gasteiger partial charge < -0.3 is 4.90 Å². The van der Waals surface area contributed by atoms with E-state index in [1.165, 1.54) is 0 Å². The van der Waals surface area contributed by atoms with Crippen LogP contribution in [0.2, 0.25) is 0 Å². The summed E-state index contributed by atoms with van der Waals surface area (Å²) in [5.74, 6) is 1.67. The lowest BCUT2D eigenvalue weighted by atomic mass is 10.4. The molecule has 4 heteroatoms. The van der Waals surface area contributed by atoms with Crippen LogP contribution in [0.25, 0.3) is 0 Å². The monoisotopic (exact) mass is 204 g/mol. The smallest absolute Gasteiger partial charge is 0.0611 e. The van der Waals surface area contributed by atoms with Gasteiger partial charge in [-0.3, -0.25) is 0 Å². The third kappa shape index (κ3) is 3.65. The fraction of sp³-hybridized carbons (Fsp3) is 1.00. The highest BCUT2D eigenvalue weighted by atomic mass is 32.2. The van der Waals surface area contributed by atoms with Crippen molar-refractivity contribution in [3.63, 3.8) is 0 Å². The standard InChI is InChI=1S/C9H20N2OS/c1-3-11(2)7-6-10-13(12)8-4-5-9-13/h3-9H2,1-2H3. The molecule has 1 rings (SSSR count).